The van der Waals surface area contributed by atoms with Crippen molar-refractivity contribution in [2.75, 3.05) is 20.1 Å². The van der Waals surface area contributed by atoms with E-state index in [0.717, 1.165) is 17.7 Å². The predicted molar refractivity (Wildman–Crippen MR) is 92.4 cm³/mol. The third-order valence-corrected chi connectivity index (χ3v) is 3.14. The Bertz CT molecular complexity index is 589. The number of benzene rings is 1. The van der Waals surface area contributed by atoms with Crippen LogP contribution < -0.4 is 16.0 Å². The molecule has 0 aliphatic carbocycles. The molecule has 0 fully saturated rings. The Balaban J connectivity index is 2.39. The summed E-state index contributed by atoms with van der Waals surface area (Å²) < 4.78 is 37.5. The number of rotatable bonds is 5. The maximum absolute atomic E-state index is 12.5. The summed E-state index contributed by atoms with van der Waals surface area (Å²) in [6.07, 6.45) is -3.79. The van der Waals surface area contributed by atoms with Gasteiger partial charge in [-0.15, -0.1) is 0 Å². The van der Waals surface area contributed by atoms with Crippen LogP contribution >= 0.6 is 0 Å². The predicted octanol–water partition coefficient (Wildman–Crippen LogP) is 2.33. The smallest absolute Gasteiger partial charge is 0.356 e. The van der Waals surface area contributed by atoms with Crippen molar-refractivity contribution in [2.24, 2.45) is 4.99 Å². The molecule has 0 heterocycles. The van der Waals surface area contributed by atoms with Gasteiger partial charge in [-0.2, -0.15) is 13.2 Å². The number of aliphatic imine (C=N–C) groups is 1. The number of hydrogen-bond donors (Lipinski definition) is 3. The quantitative estimate of drug-likeness (QED) is 0.559. The van der Waals surface area contributed by atoms with E-state index in [9.17, 15) is 18.0 Å². The van der Waals surface area contributed by atoms with E-state index in [1.54, 1.807) is 7.05 Å². The molecule has 25 heavy (non-hydrogen) atoms. The van der Waals surface area contributed by atoms with Crippen LogP contribution in [0.25, 0.3) is 0 Å². The molecular formula is C17H25F3N4O. The zero-order valence-corrected chi connectivity index (χ0v) is 14.9. The lowest BCUT2D eigenvalue weighted by atomic mass is 10.1. The molecule has 0 aromatic heterocycles. The largest absolute Gasteiger partial charge is 0.416 e. The molecule has 0 spiro atoms. The summed E-state index contributed by atoms with van der Waals surface area (Å²) in [6.45, 7) is 6.23. The van der Waals surface area contributed by atoms with E-state index in [1.807, 2.05) is 20.8 Å². The van der Waals surface area contributed by atoms with Crippen molar-refractivity contribution >= 4 is 11.9 Å². The summed E-state index contributed by atoms with van der Waals surface area (Å²) in [5.41, 5.74) is -0.189. The van der Waals surface area contributed by atoms with E-state index in [4.69, 9.17) is 0 Å². The van der Waals surface area contributed by atoms with Gasteiger partial charge in [0.2, 0.25) is 5.91 Å². The number of halogens is 3. The minimum absolute atomic E-state index is 0.0806. The highest BCUT2D eigenvalue weighted by molar-refractivity contribution is 5.86. The lowest BCUT2D eigenvalue weighted by Gasteiger charge is -2.21. The van der Waals surface area contributed by atoms with Crippen molar-refractivity contribution in [2.45, 2.75) is 38.9 Å². The van der Waals surface area contributed by atoms with Crippen molar-refractivity contribution in [1.82, 2.24) is 16.0 Å². The first-order chi connectivity index (χ1) is 11.5. The second-order valence-electron chi connectivity index (χ2n) is 6.60. The molecule has 0 radical (unpaired) electrons. The van der Waals surface area contributed by atoms with Gasteiger partial charge in [-0.25, -0.2) is 0 Å². The Kier molecular flexibility index (Phi) is 7.26. The lowest BCUT2D eigenvalue weighted by molar-refractivity contribution is -0.137. The highest BCUT2D eigenvalue weighted by Gasteiger charge is 2.29. The topological polar surface area (TPSA) is 65.5 Å². The fraction of sp³-hybridized carbons (Fsp3) is 0.529. The Morgan fingerprint density at radius 3 is 2.16 bits per heavy atom. The zero-order valence-electron chi connectivity index (χ0n) is 14.9. The van der Waals surface area contributed by atoms with E-state index < -0.39 is 11.7 Å². The number of guanidine groups is 1. The molecule has 1 rings (SSSR count). The SMILES string of the molecule is CN=C(NCCc1ccc(C(F)(F)F)cc1)NCC(=O)NC(C)(C)C. The van der Waals surface area contributed by atoms with Gasteiger partial charge in [0.05, 0.1) is 12.1 Å². The summed E-state index contributed by atoms with van der Waals surface area (Å²) in [6, 6.07) is 5.05. The minimum atomic E-state index is -4.32. The standard InChI is InChI=1S/C17H25F3N4O/c1-16(2,3)24-14(25)11-23-15(21-4)22-10-9-12-5-7-13(8-6-12)17(18,19)20/h5-8H,9-11H2,1-4H3,(H,24,25)(H2,21,22,23). The minimum Gasteiger partial charge on any atom is -0.356 e. The van der Waals surface area contributed by atoms with Gasteiger partial charge in [-0.3, -0.25) is 9.79 Å². The highest BCUT2D eigenvalue weighted by atomic mass is 19.4. The molecule has 140 valence electrons. The van der Waals surface area contributed by atoms with Gasteiger partial charge < -0.3 is 16.0 Å². The van der Waals surface area contributed by atoms with Crippen LogP contribution in [0, 0.1) is 0 Å². The van der Waals surface area contributed by atoms with Crippen LogP contribution in [0.5, 0.6) is 0 Å². The highest BCUT2D eigenvalue weighted by Crippen LogP contribution is 2.29. The molecule has 0 saturated carbocycles. The number of nitrogens with zero attached hydrogens (tertiary/aromatic N) is 1. The van der Waals surface area contributed by atoms with Crippen molar-refractivity contribution in [3.63, 3.8) is 0 Å². The summed E-state index contributed by atoms with van der Waals surface area (Å²) in [7, 11) is 1.58. The Labute approximate surface area is 146 Å². The summed E-state index contributed by atoms with van der Waals surface area (Å²) in [4.78, 5) is 15.7. The molecule has 1 amide bonds. The summed E-state index contributed by atoms with van der Waals surface area (Å²) in [5, 5.41) is 8.72. The van der Waals surface area contributed by atoms with Gasteiger partial charge in [0, 0.05) is 19.1 Å². The lowest BCUT2D eigenvalue weighted by Crippen LogP contribution is -2.48. The molecule has 3 N–H and O–H groups in total. The van der Waals surface area contributed by atoms with E-state index >= 15 is 0 Å². The van der Waals surface area contributed by atoms with Crippen LogP contribution in [0.2, 0.25) is 0 Å². The average molecular weight is 358 g/mol. The van der Waals surface area contributed by atoms with Crippen LogP contribution in [0.1, 0.15) is 31.9 Å². The number of carbonyl (C=O) groups excluding carboxylic acids is 1. The molecule has 0 aliphatic heterocycles. The van der Waals surface area contributed by atoms with Crippen LogP contribution in [-0.4, -0.2) is 37.5 Å². The normalized spacial score (nSPS) is 12.7. The van der Waals surface area contributed by atoms with Gasteiger partial charge in [0.1, 0.15) is 0 Å². The van der Waals surface area contributed by atoms with E-state index in [2.05, 4.69) is 20.9 Å². The number of hydrogen-bond acceptors (Lipinski definition) is 2. The fourth-order valence-corrected chi connectivity index (χ4v) is 2.03. The summed E-state index contributed by atoms with van der Waals surface area (Å²) in [5.74, 6) is 0.300. The molecule has 8 heteroatoms. The maximum Gasteiger partial charge on any atom is 0.416 e. The van der Waals surface area contributed by atoms with Crippen LogP contribution in [0.3, 0.4) is 0 Å². The number of nitrogens with one attached hydrogen (secondary N) is 3. The van der Waals surface area contributed by atoms with Crippen LogP contribution in [0.4, 0.5) is 13.2 Å². The molecule has 1 aromatic carbocycles. The van der Waals surface area contributed by atoms with Crippen molar-refractivity contribution in [1.29, 1.82) is 0 Å². The van der Waals surface area contributed by atoms with E-state index in [-0.39, 0.29) is 18.0 Å². The van der Waals surface area contributed by atoms with Gasteiger partial charge in [0.15, 0.2) is 5.96 Å². The average Bonchev–Trinajstić information content (AvgIpc) is 2.48. The molecule has 0 saturated heterocycles. The van der Waals surface area contributed by atoms with Crippen molar-refractivity contribution in [3.05, 3.63) is 35.4 Å². The van der Waals surface area contributed by atoms with Gasteiger partial charge >= 0.3 is 6.18 Å². The first-order valence-electron chi connectivity index (χ1n) is 7.93. The Hall–Kier alpha value is -2.25. The van der Waals surface area contributed by atoms with Crippen LogP contribution in [-0.2, 0) is 17.4 Å². The molecule has 1 aromatic rings. The third-order valence-electron chi connectivity index (χ3n) is 3.14. The van der Waals surface area contributed by atoms with Gasteiger partial charge in [-0.1, -0.05) is 12.1 Å². The van der Waals surface area contributed by atoms with Gasteiger partial charge in [0.25, 0.3) is 0 Å². The summed E-state index contributed by atoms with van der Waals surface area (Å²) >= 11 is 0. The van der Waals surface area contributed by atoms with Gasteiger partial charge in [-0.05, 0) is 44.9 Å². The monoisotopic (exact) mass is 358 g/mol. The maximum atomic E-state index is 12.5. The molecular weight excluding hydrogens is 333 g/mol. The Morgan fingerprint density at radius 1 is 1.08 bits per heavy atom. The molecule has 0 aliphatic rings. The zero-order chi connectivity index (χ0) is 19.1. The van der Waals surface area contributed by atoms with E-state index in [0.29, 0.717) is 18.9 Å². The first-order valence-corrected chi connectivity index (χ1v) is 7.93. The third kappa shape index (κ3) is 8.42. The Morgan fingerprint density at radius 2 is 1.68 bits per heavy atom. The van der Waals surface area contributed by atoms with Crippen LogP contribution in [0.15, 0.2) is 29.3 Å². The molecule has 0 unspecified atom stereocenters. The number of alkyl halides is 3. The molecule has 0 bridgehead atoms. The number of carbonyl (C=O) groups is 1. The van der Waals surface area contributed by atoms with Crippen molar-refractivity contribution < 1.29 is 18.0 Å². The molecule has 5 nitrogen and oxygen atoms in total. The van der Waals surface area contributed by atoms with Crippen molar-refractivity contribution in [3.8, 4) is 0 Å². The van der Waals surface area contributed by atoms with E-state index in [1.165, 1.54) is 12.1 Å². The fourth-order valence-electron chi connectivity index (χ4n) is 2.03. The second-order valence-corrected chi connectivity index (χ2v) is 6.60. The molecule has 0 atom stereocenters. The number of amides is 1. The first kappa shape index (κ1) is 20.8. The second kappa shape index (κ2) is 8.73.